The number of benzene rings is 2. The Morgan fingerprint density at radius 2 is 1.41 bits per heavy atom. The molecule has 0 saturated heterocycles. The summed E-state index contributed by atoms with van der Waals surface area (Å²) in [4.78, 5) is 35.3. The maximum absolute atomic E-state index is 11.9. The molecule has 2 N–H and O–H groups in total. The van der Waals surface area contributed by atoms with Crippen molar-refractivity contribution in [3.63, 3.8) is 0 Å². The number of ether oxygens (including phenoxy) is 1. The van der Waals surface area contributed by atoms with Gasteiger partial charge in [-0.2, -0.15) is 0 Å². The fourth-order valence-corrected chi connectivity index (χ4v) is 1.74. The van der Waals surface area contributed by atoms with Crippen molar-refractivity contribution >= 4 is 17.8 Å². The monoisotopic (exact) mass is 298 g/mol. The molecule has 2 aromatic rings. The number of imide groups is 2. The molecule has 0 bridgehead atoms. The molecule has 0 unspecified atom stereocenters. The van der Waals surface area contributed by atoms with Crippen LogP contribution in [0.4, 0.5) is 4.79 Å². The highest BCUT2D eigenvalue weighted by atomic mass is 16.5. The Morgan fingerprint density at radius 1 is 0.818 bits per heavy atom. The molecule has 112 valence electrons. The maximum Gasteiger partial charge on any atom is 0.328 e. The first-order valence-electron chi connectivity index (χ1n) is 6.46. The minimum Gasteiger partial charge on any atom is -0.497 e. The lowest BCUT2D eigenvalue weighted by atomic mass is 10.2. The summed E-state index contributed by atoms with van der Waals surface area (Å²) in [5, 5.41) is 4.17. The van der Waals surface area contributed by atoms with Crippen LogP contribution < -0.4 is 15.4 Å². The molecule has 0 atom stereocenters. The molecule has 0 aliphatic rings. The Balaban J connectivity index is 1.96. The van der Waals surface area contributed by atoms with Crippen LogP contribution in [-0.2, 0) is 0 Å². The van der Waals surface area contributed by atoms with E-state index in [-0.39, 0.29) is 5.56 Å². The van der Waals surface area contributed by atoms with E-state index >= 15 is 0 Å². The summed E-state index contributed by atoms with van der Waals surface area (Å²) < 4.78 is 5.00. The van der Waals surface area contributed by atoms with Crippen molar-refractivity contribution < 1.29 is 19.1 Å². The zero-order valence-corrected chi connectivity index (χ0v) is 11.8. The molecule has 0 saturated carbocycles. The first kappa shape index (κ1) is 15.2. The molecular weight excluding hydrogens is 284 g/mol. The Hall–Kier alpha value is -3.15. The van der Waals surface area contributed by atoms with E-state index in [2.05, 4.69) is 10.6 Å². The SMILES string of the molecule is COc1cccc(C(=O)NC(=O)NC(=O)c2ccccc2)c1. The van der Waals surface area contributed by atoms with Gasteiger partial charge in [0.2, 0.25) is 0 Å². The van der Waals surface area contributed by atoms with Crippen LogP contribution in [0.3, 0.4) is 0 Å². The molecule has 6 heteroatoms. The number of nitrogens with one attached hydrogen (secondary N) is 2. The second kappa shape index (κ2) is 7.03. The summed E-state index contributed by atoms with van der Waals surface area (Å²) in [6.45, 7) is 0. The number of amides is 4. The van der Waals surface area contributed by atoms with Crippen LogP contribution in [0.25, 0.3) is 0 Å². The van der Waals surface area contributed by atoms with Crippen molar-refractivity contribution in [2.75, 3.05) is 7.11 Å². The van der Waals surface area contributed by atoms with Crippen molar-refractivity contribution in [2.24, 2.45) is 0 Å². The van der Waals surface area contributed by atoms with E-state index in [0.717, 1.165) is 0 Å². The Kier molecular flexibility index (Phi) is 4.87. The maximum atomic E-state index is 11.9. The van der Waals surface area contributed by atoms with Crippen LogP contribution in [0.1, 0.15) is 20.7 Å². The highest BCUT2D eigenvalue weighted by molar-refractivity contribution is 6.11. The highest BCUT2D eigenvalue weighted by Crippen LogP contribution is 2.12. The quantitative estimate of drug-likeness (QED) is 0.907. The van der Waals surface area contributed by atoms with Crippen molar-refractivity contribution in [2.45, 2.75) is 0 Å². The van der Waals surface area contributed by atoms with Crippen LogP contribution in [0.2, 0.25) is 0 Å². The smallest absolute Gasteiger partial charge is 0.328 e. The lowest BCUT2D eigenvalue weighted by Gasteiger charge is -2.07. The van der Waals surface area contributed by atoms with E-state index in [9.17, 15) is 14.4 Å². The molecule has 22 heavy (non-hydrogen) atoms. The predicted octanol–water partition coefficient (Wildman–Crippen LogP) is 1.97. The van der Waals surface area contributed by atoms with E-state index in [0.29, 0.717) is 11.3 Å². The van der Waals surface area contributed by atoms with Gasteiger partial charge in [-0.25, -0.2) is 4.79 Å². The zero-order valence-electron chi connectivity index (χ0n) is 11.8. The Labute approximate surface area is 127 Å². The second-order valence-electron chi connectivity index (χ2n) is 4.34. The van der Waals surface area contributed by atoms with Gasteiger partial charge in [0.1, 0.15) is 5.75 Å². The van der Waals surface area contributed by atoms with Crippen molar-refractivity contribution in [1.29, 1.82) is 0 Å². The van der Waals surface area contributed by atoms with Gasteiger partial charge in [0, 0.05) is 11.1 Å². The zero-order chi connectivity index (χ0) is 15.9. The normalized spacial score (nSPS) is 9.68. The number of rotatable bonds is 3. The first-order valence-corrected chi connectivity index (χ1v) is 6.46. The van der Waals surface area contributed by atoms with Crippen LogP contribution >= 0.6 is 0 Å². The van der Waals surface area contributed by atoms with E-state index in [1.807, 2.05) is 0 Å². The number of urea groups is 1. The molecule has 0 radical (unpaired) electrons. The number of hydrogen-bond acceptors (Lipinski definition) is 4. The van der Waals surface area contributed by atoms with Crippen LogP contribution in [0, 0.1) is 0 Å². The molecule has 0 aliphatic carbocycles. The van der Waals surface area contributed by atoms with Gasteiger partial charge >= 0.3 is 6.03 Å². The number of methoxy groups -OCH3 is 1. The third-order valence-electron chi connectivity index (χ3n) is 2.82. The summed E-state index contributed by atoms with van der Waals surface area (Å²) in [5.41, 5.74) is 0.577. The summed E-state index contributed by atoms with van der Waals surface area (Å²) in [6.07, 6.45) is 0. The molecule has 2 aromatic carbocycles. The van der Waals surface area contributed by atoms with Crippen molar-refractivity contribution in [1.82, 2.24) is 10.6 Å². The van der Waals surface area contributed by atoms with Gasteiger partial charge < -0.3 is 4.74 Å². The minimum absolute atomic E-state index is 0.252. The number of carbonyl (C=O) groups is 3. The van der Waals surface area contributed by atoms with Gasteiger partial charge in [-0.15, -0.1) is 0 Å². The summed E-state index contributed by atoms with van der Waals surface area (Å²) in [6, 6.07) is 13.7. The van der Waals surface area contributed by atoms with E-state index in [4.69, 9.17) is 4.74 Å². The first-order chi connectivity index (χ1) is 10.6. The number of hydrogen-bond donors (Lipinski definition) is 2. The van der Waals surface area contributed by atoms with Gasteiger partial charge in [-0.1, -0.05) is 24.3 Å². The van der Waals surface area contributed by atoms with Gasteiger partial charge in [-0.3, -0.25) is 20.2 Å². The fraction of sp³-hybridized carbons (Fsp3) is 0.0625. The molecule has 0 aromatic heterocycles. The van der Waals surface area contributed by atoms with Gasteiger partial charge in [0.15, 0.2) is 0 Å². The molecule has 6 nitrogen and oxygen atoms in total. The number of carbonyl (C=O) groups excluding carboxylic acids is 3. The second-order valence-corrected chi connectivity index (χ2v) is 4.34. The highest BCUT2D eigenvalue weighted by Gasteiger charge is 2.14. The standard InChI is InChI=1S/C16H14N2O4/c1-22-13-9-5-8-12(10-13)15(20)18-16(21)17-14(19)11-6-3-2-4-7-11/h2-10H,1H3,(H2,17,18,19,20,21). The fourth-order valence-electron chi connectivity index (χ4n) is 1.74. The van der Waals surface area contributed by atoms with Gasteiger partial charge in [0.05, 0.1) is 7.11 Å². The topological polar surface area (TPSA) is 84.5 Å². The summed E-state index contributed by atoms with van der Waals surface area (Å²) in [5.74, 6) is -0.720. The molecule has 4 amide bonds. The Morgan fingerprint density at radius 3 is 2.05 bits per heavy atom. The van der Waals surface area contributed by atoms with Gasteiger partial charge in [-0.05, 0) is 30.3 Å². The van der Waals surface area contributed by atoms with E-state index in [1.54, 1.807) is 42.5 Å². The van der Waals surface area contributed by atoms with Crippen molar-refractivity contribution in [3.8, 4) is 5.75 Å². The average molecular weight is 298 g/mol. The lowest BCUT2D eigenvalue weighted by Crippen LogP contribution is -2.42. The molecule has 2 rings (SSSR count). The van der Waals surface area contributed by atoms with Gasteiger partial charge in [0.25, 0.3) is 11.8 Å². The van der Waals surface area contributed by atoms with Crippen LogP contribution in [0.15, 0.2) is 54.6 Å². The molecular formula is C16H14N2O4. The van der Waals surface area contributed by atoms with E-state index < -0.39 is 17.8 Å². The predicted molar refractivity (Wildman–Crippen MR) is 79.8 cm³/mol. The molecule has 0 aliphatic heterocycles. The third kappa shape index (κ3) is 3.92. The average Bonchev–Trinajstić information content (AvgIpc) is 2.55. The summed E-state index contributed by atoms with van der Waals surface area (Å²) in [7, 11) is 1.47. The van der Waals surface area contributed by atoms with Crippen LogP contribution in [-0.4, -0.2) is 25.0 Å². The lowest BCUT2D eigenvalue weighted by molar-refractivity contribution is 0.0944. The van der Waals surface area contributed by atoms with E-state index in [1.165, 1.54) is 19.2 Å². The molecule has 0 heterocycles. The van der Waals surface area contributed by atoms with Crippen molar-refractivity contribution in [3.05, 3.63) is 65.7 Å². The molecule has 0 spiro atoms. The van der Waals surface area contributed by atoms with Crippen LogP contribution in [0.5, 0.6) is 5.75 Å². The Bertz CT molecular complexity index is 698. The third-order valence-corrected chi connectivity index (χ3v) is 2.82. The molecule has 0 fully saturated rings. The largest absolute Gasteiger partial charge is 0.497 e. The minimum atomic E-state index is -0.887. The summed E-state index contributed by atoms with van der Waals surface area (Å²) >= 11 is 0.